The van der Waals surface area contributed by atoms with Crippen LogP contribution in [0.3, 0.4) is 0 Å². The van der Waals surface area contributed by atoms with Gasteiger partial charge in [-0.05, 0) is 54.7 Å². The predicted octanol–water partition coefficient (Wildman–Crippen LogP) is 5.89. The van der Waals surface area contributed by atoms with Crippen LogP contribution in [0.1, 0.15) is 71.4 Å². The Balaban J connectivity index is 2.92. The van der Waals surface area contributed by atoms with Gasteiger partial charge in [-0.15, -0.1) is 0 Å². The Morgan fingerprint density at radius 2 is 1.65 bits per heavy atom. The van der Waals surface area contributed by atoms with E-state index >= 15 is 0 Å². The molecule has 1 aromatic rings. The fraction of sp³-hybridized carbons (Fsp3) is 0.684. The summed E-state index contributed by atoms with van der Waals surface area (Å²) in [6.45, 7) is 14.3. The van der Waals surface area contributed by atoms with Gasteiger partial charge in [0.2, 0.25) is 0 Å². The van der Waals surface area contributed by atoms with Crippen molar-refractivity contribution in [1.29, 1.82) is 0 Å². The number of ether oxygens (including phenoxy) is 1. The summed E-state index contributed by atoms with van der Waals surface area (Å²) in [5, 5.41) is 0. The zero-order chi connectivity index (χ0) is 15.2. The van der Waals surface area contributed by atoms with E-state index in [4.69, 9.17) is 4.74 Å². The van der Waals surface area contributed by atoms with Gasteiger partial charge in [-0.1, -0.05) is 53.2 Å². The molecule has 0 radical (unpaired) electrons. The minimum absolute atomic E-state index is 0.333. The number of hydrogen-bond acceptors (Lipinski definition) is 1. The van der Waals surface area contributed by atoms with Crippen molar-refractivity contribution in [3.8, 4) is 5.75 Å². The monoisotopic (exact) mass is 276 g/mol. The summed E-state index contributed by atoms with van der Waals surface area (Å²) in [6, 6.07) is 6.78. The van der Waals surface area contributed by atoms with E-state index in [0.29, 0.717) is 11.3 Å². The molecule has 0 aliphatic rings. The zero-order valence-corrected chi connectivity index (χ0v) is 14.3. The lowest BCUT2D eigenvalue weighted by molar-refractivity contribution is 0.255. The lowest BCUT2D eigenvalue weighted by Crippen LogP contribution is -2.23. The molecular weight excluding hydrogens is 244 g/mol. The van der Waals surface area contributed by atoms with Crippen LogP contribution >= 0.6 is 0 Å². The number of aryl methyl sites for hydroxylation is 1. The fourth-order valence-corrected chi connectivity index (χ4v) is 2.85. The van der Waals surface area contributed by atoms with Gasteiger partial charge in [0.25, 0.3) is 0 Å². The fourth-order valence-electron chi connectivity index (χ4n) is 2.85. The Morgan fingerprint density at radius 3 is 2.10 bits per heavy atom. The highest BCUT2D eigenvalue weighted by atomic mass is 16.5. The zero-order valence-electron chi connectivity index (χ0n) is 14.3. The molecule has 1 atom stereocenters. The van der Waals surface area contributed by atoms with Gasteiger partial charge in [-0.3, -0.25) is 0 Å². The van der Waals surface area contributed by atoms with Gasteiger partial charge < -0.3 is 4.74 Å². The largest absolute Gasteiger partial charge is 0.493 e. The van der Waals surface area contributed by atoms with Crippen LogP contribution in [0.25, 0.3) is 0 Å². The maximum atomic E-state index is 5.96. The molecule has 1 nitrogen and oxygen atoms in total. The van der Waals surface area contributed by atoms with E-state index in [1.54, 1.807) is 0 Å². The third kappa shape index (κ3) is 3.77. The maximum Gasteiger partial charge on any atom is 0.122 e. The van der Waals surface area contributed by atoms with Crippen molar-refractivity contribution < 1.29 is 4.74 Å². The maximum absolute atomic E-state index is 5.96. The molecule has 0 bridgehead atoms. The summed E-state index contributed by atoms with van der Waals surface area (Å²) in [6.07, 6.45) is 4.77. The Bertz CT molecular complexity index is 396. The van der Waals surface area contributed by atoms with Crippen molar-refractivity contribution in [2.45, 2.75) is 72.6 Å². The predicted molar refractivity (Wildman–Crippen MR) is 88.7 cm³/mol. The average molecular weight is 276 g/mol. The summed E-state index contributed by atoms with van der Waals surface area (Å²) in [5.41, 5.74) is 3.07. The molecule has 20 heavy (non-hydrogen) atoms. The molecule has 1 rings (SSSR count). The number of rotatable bonds is 8. The van der Waals surface area contributed by atoms with Crippen molar-refractivity contribution >= 4 is 0 Å². The van der Waals surface area contributed by atoms with Crippen LogP contribution in [0.2, 0.25) is 0 Å². The molecule has 0 aliphatic heterocycles. The Morgan fingerprint density at radius 1 is 1.05 bits per heavy atom. The van der Waals surface area contributed by atoms with Gasteiger partial charge in [0.1, 0.15) is 5.75 Å². The first-order chi connectivity index (χ1) is 9.52. The molecule has 114 valence electrons. The van der Waals surface area contributed by atoms with E-state index < -0.39 is 0 Å². The lowest BCUT2D eigenvalue weighted by Gasteiger charge is -2.31. The molecule has 0 N–H and O–H groups in total. The average Bonchev–Trinajstić information content (AvgIpc) is 2.48. The molecule has 0 spiro atoms. The smallest absolute Gasteiger partial charge is 0.122 e. The van der Waals surface area contributed by atoms with E-state index in [-0.39, 0.29) is 0 Å². The van der Waals surface area contributed by atoms with Gasteiger partial charge in [-0.25, -0.2) is 0 Å². The first-order valence-electron chi connectivity index (χ1n) is 8.26. The van der Waals surface area contributed by atoms with Crippen LogP contribution in [-0.4, -0.2) is 6.61 Å². The highest BCUT2D eigenvalue weighted by Gasteiger charge is 2.26. The van der Waals surface area contributed by atoms with Crippen LogP contribution in [0.15, 0.2) is 18.2 Å². The first-order valence-corrected chi connectivity index (χ1v) is 8.26. The highest BCUT2D eigenvalue weighted by Crippen LogP contribution is 2.36. The van der Waals surface area contributed by atoms with Crippen LogP contribution < -0.4 is 4.74 Å². The lowest BCUT2D eigenvalue weighted by atomic mass is 9.73. The van der Waals surface area contributed by atoms with Crippen LogP contribution in [0.5, 0.6) is 5.75 Å². The molecule has 1 unspecified atom stereocenters. The van der Waals surface area contributed by atoms with E-state index in [9.17, 15) is 0 Å². The van der Waals surface area contributed by atoms with Gasteiger partial charge in [0.05, 0.1) is 6.61 Å². The van der Waals surface area contributed by atoms with E-state index in [1.165, 1.54) is 36.8 Å². The second-order valence-corrected chi connectivity index (χ2v) is 6.15. The molecule has 0 aromatic heterocycles. The Hall–Kier alpha value is -0.980. The molecular formula is C19H32O. The van der Waals surface area contributed by atoms with Gasteiger partial charge in [0.15, 0.2) is 0 Å². The third-order valence-corrected chi connectivity index (χ3v) is 5.04. The van der Waals surface area contributed by atoms with Crippen molar-refractivity contribution in [2.24, 2.45) is 5.92 Å². The summed E-state index contributed by atoms with van der Waals surface area (Å²) in [5.74, 6) is 1.67. The van der Waals surface area contributed by atoms with Crippen molar-refractivity contribution in [3.63, 3.8) is 0 Å². The Labute approximate surface area is 125 Å². The quantitative estimate of drug-likeness (QED) is 0.575. The van der Waals surface area contributed by atoms with E-state index in [0.717, 1.165) is 12.4 Å². The minimum Gasteiger partial charge on any atom is -0.493 e. The number of hydrogen-bond donors (Lipinski definition) is 0. The molecule has 1 heteroatoms. The first kappa shape index (κ1) is 17.1. The van der Waals surface area contributed by atoms with Crippen LogP contribution in [-0.2, 0) is 5.41 Å². The normalized spacial score (nSPS) is 13.3. The Kier molecular flexibility index (Phi) is 6.58. The molecule has 1 aromatic carbocycles. The van der Waals surface area contributed by atoms with Gasteiger partial charge in [0, 0.05) is 0 Å². The molecule has 0 saturated heterocycles. The summed E-state index contributed by atoms with van der Waals surface area (Å²) in [7, 11) is 0. The molecule has 0 fully saturated rings. The standard InChI is InChI=1S/C19H32O/c1-7-15(5)14-20-18-12-11-17(13-16(18)6)19(8-2,9-3)10-4/h11-13,15H,7-10,14H2,1-6H3. The summed E-state index contributed by atoms with van der Waals surface area (Å²) < 4.78 is 5.96. The number of benzene rings is 1. The van der Waals surface area contributed by atoms with E-state index in [2.05, 4.69) is 59.7 Å². The molecule has 0 saturated carbocycles. The highest BCUT2D eigenvalue weighted by molar-refractivity contribution is 5.39. The van der Waals surface area contributed by atoms with E-state index in [1.807, 2.05) is 0 Å². The topological polar surface area (TPSA) is 9.23 Å². The summed E-state index contributed by atoms with van der Waals surface area (Å²) in [4.78, 5) is 0. The van der Waals surface area contributed by atoms with Gasteiger partial charge >= 0.3 is 0 Å². The van der Waals surface area contributed by atoms with Crippen molar-refractivity contribution in [2.75, 3.05) is 6.61 Å². The molecule has 0 heterocycles. The van der Waals surface area contributed by atoms with Crippen LogP contribution in [0.4, 0.5) is 0 Å². The van der Waals surface area contributed by atoms with Crippen molar-refractivity contribution in [3.05, 3.63) is 29.3 Å². The second-order valence-electron chi connectivity index (χ2n) is 6.15. The van der Waals surface area contributed by atoms with Crippen molar-refractivity contribution in [1.82, 2.24) is 0 Å². The minimum atomic E-state index is 0.333. The summed E-state index contributed by atoms with van der Waals surface area (Å²) >= 11 is 0. The third-order valence-electron chi connectivity index (χ3n) is 5.04. The SMILES string of the molecule is CCC(C)COc1ccc(C(CC)(CC)CC)cc1C. The molecule has 0 aliphatic carbocycles. The second kappa shape index (κ2) is 7.71. The van der Waals surface area contributed by atoms with Crippen LogP contribution in [0, 0.1) is 12.8 Å². The van der Waals surface area contributed by atoms with Gasteiger partial charge in [-0.2, -0.15) is 0 Å². The molecule has 0 amide bonds.